The Morgan fingerprint density at radius 3 is 2.82 bits per heavy atom. The normalized spacial score (nSPS) is 13.6. The Labute approximate surface area is 103 Å². The molecule has 0 fully saturated rings. The molecule has 0 saturated heterocycles. The summed E-state index contributed by atoms with van der Waals surface area (Å²) in [5.74, 6) is 0.366. The Bertz CT molecular complexity index is 435. The number of ether oxygens (including phenoxy) is 1. The molecule has 0 bridgehead atoms. The lowest BCUT2D eigenvalue weighted by Crippen LogP contribution is -2.22. The maximum atomic E-state index is 9.91. The third-order valence-electron chi connectivity index (χ3n) is 2.23. The number of hydrogen-bond donors (Lipinski definition) is 2. The Morgan fingerprint density at radius 2 is 2.24 bits per heavy atom. The van der Waals surface area contributed by atoms with Gasteiger partial charge in [0.15, 0.2) is 0 Å². The molecule has 17 heavy (non-hydrogen) atoms. The van der Waals surface area contributed by atoms with Crippen molar-refractivity contribution in [2.24, 2.45) is 5.11 Å². The van der Waals surface area contributed by atoms with Gasteiger partial charge in [0, 0.05) is 10.5 Å². The van der Waals surface area contributed by atoms with Crippen molar-refractivity contribution in [3.05, 3.63) is 39.2 Å². The molecule has 1 rings (SSSR count). The van der Waals surface area contributed by atoms with Gasteiger partial charge in [-0.25, -0.2) is 0 Å². The molecule has 92 valence electrons. The summed E-state index contributed by atoms with van der Waals surface area (Å²) in [7, 11) is 1.43. The average molecular weight is 258 g/mol. The molecular weight excluding hydrogens is 246 g/mol. The average Bonchev–Trinajstić information content (AvgIpc) is 2.34. The molecule has 0 aliphatic heterocycles. The molecule has 0 radical (unpaired) electrons. The van der Waals surface area contributed by atoms with E-state index in [4.69, 9.17) is 21.9 Å². The van der Waals surface area contributed by atoms with Crippen LogP contribution in [0.3, 0.4) is 0 Å². The third kappa shape index (κ3) is 3.25. The zero-order valence-electron chi connectivity index (χ0n) is 9.12. The first-order valence-corrected chi connectivity index (χ1v) is 5.19. The van der Waals surface area contributed by atoms with Gasteiger partial charge in [-0.15, -0.1) is 0 Å². The highest BCUT2D eigenvalue weighted by atomic mass is 35.5. The van der Waals surface area contributed by atoms with Crippen molar-refractivity contribution in [1.82, 2.24) is 0 Å². The first-order chi connectivity index (χ1) is 8.11. The zero-order chi connectivity index (χ0) is 12.8. The molecule has 1 aromatic carbocycles. The minimum atomic E-state index is -1.27. The summed E-state index contributed by atoms with van der Waals surface area (Å²) in [6.45, 7) is -0.244. The van der Waals surface area contributed by atoms with Crippen molar-refractivity contribution in [1.29, 1.82) is 0 Å². The number of benzene rings is 1. The molecule has 0 saturated carbocycles. The van der Waals surface area contributed by atoms with Gasteiger partial charge in [0.2, 0.25) is 0 Å². The number of methoxy groups -OCH3 is 1. The van der Waals surface area contributed by atoms with Gasteiger partial charge in [0.25, 0.3) is 0 Å². The molecule has 0 aliphatic carbocycles. The fourth-order valence-corrected chi connectivity index (χ4v) is 1.67. The second-order valence-corrected chi connectivity index (χ2v) is 3.69. The summed E-state index contributed by atoms with van der Waals surface area (Å²) in [5.41, 5.74) is 8.41. The van der Waals surface area contributed by atoms with Crippen LogP contribution in [0.4, 0.5) is 0 Å². The standard InChI is InChI=1S/C10H12ClN3O3/c1-17-8-4-2-3-6(11)9(8)10(16)7(15)5-13-14-12/h2-4,7,10,15-16H,5H2,1H3. The van der Waals surface area contributed by atoms with Crippen LogP contribution < -0.4 is 4.74 Å². The molecule has 0 aromatic heterocycles. The monoisotopic (exact) mass is 257 g/mol. The minimum absolute atomic E-state index is 0.244. The van der Waals surface area contributed by atoms with E-state index >= 15 is 0 Å². The molecule has 0 amide bonds. The second-order valence-electron chi connectivity index (χ2n) is 3.28. The quantitative estimate of drug-likeness (QED) is 0.480. The van der Waals surface area contributed by atoms with Crippen LogP contribution >= 0.6 is 11.6 Å². The lowest BCUT2D eigenvalue weighted by Gasteiger charge is -2.19. The van der Waals surface area contributed by atoms with Gasteiger partial charge in [-0.1, -0.05) is 22.8 Å². The second kappa shape index (κ2) is 6.32. The number of halogens is 1. The van der Waals surface area contributed by atoms with E-state index in [0.29, 0.717) is 5.75 Å². The van der Waals surface area contributed by atoms with E-state index in [-0.39, 0.29) is 17.1 Å². The van der Waals surface area contributed by atoms with E-state index in [2.05, 4.69) is 10.0 Å². The predicted molar refractivity (Wildman–Crippen MR) is 63.0 cm³/mol. The summed E-state index contributed by atoms with van der Waals surface area (Å²) in [5, 5.41) is 23.0. The first kappa shape index (κ1) is 13.6. The number of aliphatic hydroxyl groups excluding tert-OH is 2. The topological polar surface area (TPSA) is 98.5 Å². The lowest BCUT2D eigenvalue weighted by atomic mass is 10.0. The molecule has 2 atom stereocenters. The summed E-state index contributed by atoms with van der Waals surface area (Å²) < 4.78 is 5.04. The van der Waals surface area contributed by atoms with Crippen molar-refractivity contribution in [2.75, 3.05) is 13.7 Å². The molecular formula is C10H12ClN3O3. The largest absolute Gasteiger partial charge is 0.496 e. The lowest BCUT2D eigenvalue weighted by molar-refractivity contribution is 0.0230. The Morgan fingerprint density at radius 1 is 1.53 bits per heavy atom. The van der Waals surface area contributed by atoms with E-state index in [1.54, 1.807) is 18.2 Å². The Balaban J connectivity index is 3.01. The van der Waals surface area contributed by atoms with E-state index in [0.717, 1.165) is 0 Å². The molecule has 6 nitrogen and oxygen atoms in total. The summed E-state index contributed by atoms with van der Waals surface area (Å²) in [4.78, 5) is 2.51. The number of aliphatic hydroxyl groups is 2. The Kier molecular flexibility index (Phi) is 5.06. The number of hydrogen-bond acceptors (Lipinski definition) is 4. The van der Waals surface area contributed by atoms with Crippen LogP contribution in [0.1, 0.15) is 11.7 Å². The molecule has 1 aromatic rings. The van der Waals surface area contributed by atoms with Gasteiger partial charge >= 0.3 is 0 Å². The fourth-order valence-electron chi connectivity index (χ4n) is 1.39. The summed E-state index contributed by atoms with van der Waals surface area (Å²) >= 11 is 5.93. The number of azide groups is 1. The highest BCUT2D eigenvalue weighted by Crippen LogP contribution is 2.33. The van der Waals surface area contributed by atoms with Crippen molar-refractivity contribution in [3.8, 4) is 5.75 Å². The number of nitrogens with zero attached hydrogens (tertiary/aromatic N) is 3. The molecule has 0 spiro atoms. The van der Waals surface area contributed by atoms with Crippen LogP contribution in [-0.4, -0.2) is 30.0 Å². The van der Waals surface area contributed by atoms with Crippen LogP contribution in [0.25, 0.3) is 10.4 Å². The number of rotatable bonds is 5. The fraction of sp³-hybridized carbons (Fsp3) is 0.400. The van der Waals surface area contributed by atoms with Crippen LogP contribution in [0.5, 0.6) is 5.75 Å². The molecule has 7 heteroatoms. The predicted octanol–water partition coefficient (Wildman–Crippen LogP) is 2.05. The molecule has 2 unspecified atom stereocenters. The third-order valence-corrected chi connectivity index (χ3v) is 2.55. The van der Waals surface area contributed by atoms with E-state index < -0.39 is 12.2 Å². The highest BCUT2D eigenvalue weighted by molar-refractivity contribution is 6.31. The molecule has 2 N–H and O–H groups in total. The van der Waals surface area contributed by atoms with Crippen molar-refractivity contribution in [2.45, 2.75) is 12.2 Å². The van der Waals surface area contributed by atoms with Gasteiger partial charge in [-0.2, -0.15) is 0 Å². The van der Waals surface area contributed by atoms with Crippen LogP contribution in [0, 0.1) is 0 Å². The van der Waals surface area contributed by atoms with Gasteiger partial charge < -0.3 is 14.9 Å². The minimum Gasteiger partial charge on any atom is -0.496 e. The van der Waals surface area contributed by atoms with E-state index in [1.165, 1.54) is 7.11 Å². The van der Waals surface area contributed by atoms with Gasteiger partial charge in [0.1, 0.15) is 11.9 Å². The smallest absolute Gasteiger partial charge is 0.126 e. The van der Waals surface area contributed by atoms with Crippen molar-refractivity contribution < 1.29 is 14.9 Å². The maximum absolute atomic E-state index is 9.91. The van der Waals surface area contributed by atoms with Crippen molar-refractivity contribution in [3.63, 3.8) is 0 Å². The summed E-state index contributed by atoms with van der Waals surface area (Å²) in [6, 6.07) is 4.85. The van der Waals surface area contributed by atoms with E-state index in [9.17, 15) is 10.2 Å². The van der Waals surface area contributed by atoms with Gasteiger partial charge in [-0.3, -0.25) is 0 Å². The van der Waals surface area contributed by atoms with E-state index in [1.807, 2.05) is 0 Å². The van der Waals surface area contributed by atoms with Crippen molar-refractivity contribution >= 4 is 11.6 Å². The summed E-state index contributed by atoms with van der Waals surface area (Å²) in [6.07, 6.45) is -2.51. The Hall–Kier alpha value is -1.46. The zero-order valence-corrected chi connectivity index (χ0v) is 9.87. The first-order valence-electron chi connectivity index (χ1n) is 4.81. The van der Waals surface area contributed by atoms with Gasteiger partial charge in [0.05, 0.1) is 24.8 Å². The van der Waals surface area contributed by atoms with Crippen LogP contribution in [0.2, 0.25) is 5.02 Å². The molecule has 0 aliphatic rings. The maximum Gasteiger partial charge on any atom is 0.126 e. The van der Waals surface area contributed by atoms with Crippen LogP contribution in [-0.2, 0) is 0 Å². The van der Waals surface area contributed by atoms with Crippen LogP contribution in [0.15, 0.2) is 23.3 Å². The SMILES string of the molecule is COc1cccc(Cl)c1C(O)C(O)CN=[N+]=[N-]. The molecule has 0 heterocycles. The van der Waals surface area contributed by atoms with Gasteiger partial charge in [-0.05, 0) is 17.7 Å². The highest BCUT2D eigenvalue weighted by Gasteiger charge is 2.23.